The van der Waals surface area contributed by atoms with Gasteiger partial charge in [0.2, 0.25) is 0 Å². The van der Waals surface area contributed by atoms with Gasteiger partial charge in [0.1, 0.15) is 0 Å². The highest BCUT2D eigenvalue weighted by Crippen LogP contribution is 2.16. The molecule has 1 heterocycles. The summed E-state index contributed by atoms with van der Waals surface area (Å²) in [6, 6.07) is 6.56. The van der Waals surface area contributed by atoms with Gasteiger partial charge in [-0.2, -0.15) is 0 Å². The highest BCUT2D eigenvalue weighted by molar-refractivity contribution is 7.91. The van der Waals surface area contributed by atoms with Crippen molar-refractivity contribution >= 4 is 21.7 Å². The van der Waals surface area contributed by atoms with Gasteiger partial charge < -0.3 is 9.64 Å². The van der Waals surface area contributed by atoms with Crippen molar-refractivity contribution in [2.75, 3.05) is 25.2 Å². The SMILES string of the molecule is Cc1cccc(C(=O)OCC(=O)N(C)[C@H]2CCS(=O)(=O)C2)c1. The van der Waals surface area contributed by atoms with E-state index in [1.165, 1.54) is 11.9 Å². The first-order valence-electron chi connectivity index (χ1n) is 6.98. The maximum atomic E-state index is 12.0. The average Bonchev–Trinajstić information content (AvgIpc) is 2.83. The molecule has 0 unspecified atom stereocenters. The first kappa shape index (κ1) is 16.5. The molecule has 0 aliphatic carbocycles. The lowest BCUT2D eigenvalue weighted by atomic mass is 10.1. The van der Waals surface area contributed by atoms with E-state index in [9.17, 15) is 18.0 Å². The number of hydrogen-bond acceptors (Lipinski definition) is 5. The van der Waals surface area contributed by atoms with E-state index in [1.54, 1.807) is 18.2 Å². The zero-order chi connectivity index (χ0) is 16.3. The number of likely N-dealkylation sites (N-methyl/N-ethyl adjacent to an activating group) is 1. The van der Waals surface area contributed by atoms with Gasteiger partial charge in [0.25, 0.3) is 5.91 Å². The molecule has 120 valence electrons. The summed E-state index contributed by atoms with van der Waals surface area (Å²) in [5.74, 6) is -0.896. The predicted molar refractivity (Wildman–Crippen MR) is 81.3 cm³/mol. The third-order valence-electron chi connectivity index (χ3n) is 3.73. The van der Waals surface area contributed by atoms with Crippen molar-refractivity contribution < 1.29 is 22.7 Å². The number of nitrogens with zero attached hydrogens (tertiary/aromatic N) is 1. The van der Waals surface area contributed by atoms with Crippen LogP contribution >= 0.6 is 0 Å². The molecule has 1 aliphatic rings. The predicted octanol–water partition coefficient (Wildman–Crippen LogP) is 0.797. The zero-order valence-electron chi connectivity index (χ0n) is 12.6. The minimum Gasteiger partial charge on any atom is -0.452 e. The molecule has 0 bridgehead atoms. The lowest BCUT2D eigenvalue weighted by Crippen LogP contribution is -2.40. The zero-order valence-corrected chi connectivity index (χ0v) is 13.4. The number of rotatable bonds is 4. The second-order valence-electron chi connectivity index (χ2n) is 5.51. The first-order valence-corrected chi connectivity index (χ1v) is 8.80. The Labute approximate surface area is 130 Å². The number of carbonyl (C=O) groups is 2. The van der Waals surface area contributed by atoms with Gasteiger partial charge in [-0.1, -0.05) is 17.7 Å². The Morgan fingerprint density at radius 2 is 2.09 bits per heavy atom. The van der Waals surface area contributed by atoms with Crippen LogP contribution in [-0.4, -0.2) is 56.4 Å². The van der Waals surface area contributed by atoms with E-state index in [2.05, 4.69) is 0 Å². The summed E-state index contributed by atoms with van der Waals surface area (Å²) in [6.07, 6.45) is 0.427. The molecule has 0 saturated carbocycles. The van der Waals surface area contributed by atoms with E-state index >= 15 is 0 Å². The molecule has 0 aromatic heterocycles. The summed E-state index contributed by atoms with van der Waals surface area (Å²) < 4.78 is 27.9. The largest absolute Gasteiger partial charge is 0.452 e. The Kier molecular flexibility index (Phi) is 4.85. The molecule has 1 aliphatic heterocycles. The number of benzene rings is 1. The third kappa shape index (κ3) is 4.07. The van der Waals surface area contributed by atoms with Crippen LogP contribution in [0.15, 0.2) is 24.3 Å². The van der Waals surface area contributed by atoms with E-state index in [4.69, 9.17) is 4.74 Å². The molecule has 7 heteroatoms. The van der Waals surface area contributed by atoms with Crippen molar-refractivity contribution in [2.45, 2.75) is 19.4 Å². The molecule has 1 aromatic carbocycles. The van der Waals surface area contributed by atoms with Gasteiger partial charge in [-0.3, -0.25) is 4.79 Å². The van der Waals surface area contributed by atoms with Gasteiger partial charge in [0.05, 0.1) is 17.1 Å². The standard InChI is InChI=1S/C15H19NO5S/c1-11-4-3-5-12(8-11)15(18)21-9-14(17)16(2)13-6-7-22(19,20)10-13/h3-5,8,13H,6-7,9-10H2,1-2H3/t13-/m0/s1. The molecule has 1 saturated heterocycles. The number of hydrogen-bond donors (Lipinski definition) is 0. The van der Waals surface area contributed by atoms with Crippen molar-refractivity contribution in [3.63, 3.8) is 0 Å². The fourth-order valence-electron chi connectivity index (χ4n) is 2.37. The molecular weight excluding hydrogens is 306 g/mol. The second-order valence-corrected chi connectivity index (χ2v) is 7.74. The molecular formula is C15H19NO5S. The van der Waals surface area contributed by atoms with Gasteiger partial charge in [-0.05, 0) is 25.5 Å². The van der Waals surface area contributed by atoms with Crippen LogP contribution in [0.25, 0.3) is 0 Å². The van der Waals surface area contributed by atoms with Gasteiger partial charge in [0.15, 0.2) is 16.4 Å². The first-order chi connectivity index (χ1) is 10.3. The van der Waals surface area contributed by atoms with E-state index in [0.29, 0.717) is 12.0 Å². The fraction of sp³-hybridized carbons (Fsp3) is 0.467. The van der Waals surface area contributed by atoms with Crippen molar-refractivity contribution in [1.82, 2.24) is 4.90 Å². The molecule has 0 spiro atoms. The quantitative estimate of drug-likeness (QED) is 0.765. The van der Waals surface area contributed by atoms with Crippen LogP contribution in [0, 0.1) is 6.92 Å². The number of amides is 1. The molecule has 1 amide bonds. The van der Waals surface area contributed by atoms with Crippen LogP contribution < -0.4 is 0 Å². The van der Waals surface area contributed by atoms with Crippen molar-refractivity contribution in [1.29, 1.82) is 0 Å². The molecule has 1 fully saturated rings. The van der Waals surface area contributed by atoms with Crippen LogP contribution in [0.3, 0.4) is 0 Å². The van der Waals surface area contributed by atoms with Crippen LogP contribution in [0.2, 0.25) is 0 Å². The Hall–Kier alpha value is -1.89. The number of carbonyl (C=O) groups excluding carboxylic acids is 2. The Balaban J connectivity index is 1.88. The molecule has 22 heavy (non-hydrogen) atoms. The summed E-state index contributed by atoms with van der Waals surface area (Å²) in [5, 5.41) is 0. The molecule has 1 atom stereocenters. The summed E-state index contributed by atoms with van der Waals surface area (Å²) in [6.45, 7) is 1.47. The van der Waals surface area contributed by atoms with Crippen LogP contribution in [0.1, 0.15) is 22.3 Å². The van der Waals surface area contributed by atoms with Gasteiger partial charge in [0, 0.05) is 13.1 Å². The van der Waals surface area contributed by atoms with E-state index in [0.717, 1.165) is 5.56 Å². The Morgan fingerprint density at radius 3 is 2.68 bits per heavy atom. The highest BCUT2D eigenvalue weighted by Gasteiger charge is 2.32. The topological polar surface area (TPSA) is 80.8 Å². The van der Waals surface area contributed by atoms with E-state index in [1.807, 2.05) is 13.0 Å². The van der Waals surface area contributed by atoms with Gasteiger partial charge in [-0.25, -0.2) is 13.2 Å². The summed E-state index contributed by atoms with van der Waals surface area (Å²) >= 11 is 0. The van der Waals surface area contributed by atoms with E-state index < -0.39 is 21.7 Å². The van der Waals surface area contributed by atoms with Crippen molar-refractivity contribution in [3.05, 3.63) is 35.4 Å². The van der Waals surface area contributed by atoms with Crippen molar-refractivity contribution in [2.24, 2.45) is 0 Å². The number of ether oxygens (including phenoxy) is 1. The lowest BCUT2D eigenvalue weighted by molar-refractivity contribution is -0.134. The Morgan fingerprint density at radius 1 is 1.36 bits per heavy atom. The lowest BCUT2D eigenvalue weighted by Gasteiger charge is -2.23. The monoisotopic (exact) mass is 325 g/mol. The molecule has 0 N–H and O–H groups in total. The fourth-order valence-corrected chi connectivity index (χ4v) is 4.14. The number of aryl methyl sites for hydroxylation is 1. The third-order valence-corrected chi connectivity index (χ3v) is 5.48. The van der Waals surface area contributed by atoms with Crippen LogP contribution in [0.4, 0.5) is 0 Å². The average molecular weight is 325 g/mol. The van der Waals surface area contributed by atoms with Crippen LogP contribution in [-0.2, 0) is 19.4 Å². The van der Waals surface area contributed by atoms with Crippen molar-refractivity contribution in [3.8, 4) is 0 Å². The molecule has 6 nitrogen and oxygen atoms in total. The minimum absolute atomic E-state index is 0.0267. The minimum atomic E-state index is -3.05. The van der Waals surface area contributed by atoms with Crippen LogP contribution in [0.5, 0.6) is 0 Å². The molecule has 2 rings (SSSR count). The Bertz CT molecular complexity index is 683. The molecule has 1 aromatic rings. The van der Waals surface area contributed by atoms with Gasteiger partial charge >= 0.3 is 5.97 Å². The number of sulfone groups is 1. The maximum Gasteiger partial charge on any atom is 0.338 e. The summed E-state index contributed by atoms with van der Waals surface area (Å²) in [7, 11) is -1.52. The smallest absolute Gasteiger partial charge is 0.338 e. The van der Waals surface area contributed by atoms with Gasteiger partial charge in [-0.15, -0.1) is 0 Å². The number of esters is 1. The second kappa shape index (κ2) is 6.48. The van der Waals surface area contributed by atoms with E-state index in [-0.39, 0.29) is 24.2 Å². The highest BCUT2D eigenvalue weighted by atomic mass is 32.2. The summed E-state index contributed by atoms with van der Waals surface area (Å²) in [5.41, 5.74) is 1.31. The summed E-state index contributed by atoms with van der Waals surface area (Å²) in [4.78, 5) is 25.2. The normalized spacial score (nSPS) is 19.6. The maximum absolute atomic E-state index is 12.0. The molecule has 0 radical (unpaired) electrons.